The molecular formula is C24H24FN7O. The predicted molar refractivity (Wildman–Crippen MR) is 126 cm³/mol. The van der Waals surface area contributed by atoms with Gasteiger partial charge in [0.25, 0.3) is 0 Å². The summed E-state index contributed by atoms with van der Waals surface area (Å²) < 4.78 is 13.7. The Morgan fingerprint density at radius 2 is 1.97 bits per heavy atom. The Labute approximate surface area is 191 Å². The van der Waals surface area contributed by atoms with Gasteiger partial charge in [0.15, 0.2) is 11.6 Å². The second kappa shape index (κ2) is 7.99. The van der Waals surface area contributed by atoms with Crippen LogP contribution in [0.3, 0.4) is 0 Å². The number of aromatic nitrogens is 3. The lowest BCUT2D eigenvalue weighted by Crippen LogP contribution is -2.48. The van der Waals surface area contributed by atoms with Gasteiger partial charge >= 0.3 is 6.03 Å². The summed E-state index contributed by atoms with van der Waals surface area (Å²) in [4.78, 5) is 32.5. The molecule has 3 aliphatic rings. The largest absolute Gasteiger partial charge is 0.368 e. The second-order valence-electron chi connectivity index (χ2n) is 8.70. The third-order valence-electron chi connectivity index (χ3n) is 6.61. The molecule has 0 saturated carbocycles. The highest BCUT2D eigenvalue weighted by Gasteiger charge is 2.40. The summed E-state index contributed by atoms with van der Waals surface area (Å²) in [5, 5.41) is 2.86. The minimum atomic E-state index is -0.776. The molecule has 8 nitrogen and oxygen atoms in total. The number of urea groups is 1. The van der Waals surface area contributed by atoms with Gasteiger partial charge in [0, 0.05) is 49.8 Å². The van der Waals surface area contributed by atoms with Gasteiger partial charge in [0.2, 0.25) is 0 Å². The van der Waals surface area contributed by atoms with Crippen LogP contribution in [0.5, 0.6) is 0 Å². The zero-order valence-electron chi connectivity index (χ0n) is 18.1. The lowest BCUT2D eigenvalue weighted by Gasteiger charge is -2.35. The number of alkyl halides is 1. The number of rotatable bonds is 3. The second-order valence-corrected chi connectivity index (χ2v) is 8.70. The molecule has 9 heteroatoms. The molecule has 33 heavy (non-hydrogen) atoms. The molecule has 0 aliphatic carbocycles. The van der Waals surface area contributed by atoms with Gasteiger partial charge in [0.1, 0.15) is 6.17 Å². The summed E-state index contributed by atoms with van der Waals surface area (Å²) in [7, 11) is 0. The number of nitrogens with one attached hydrogen (secondary N) is 1. The smallest absolute Gasteiger partial charge is 0.329 e. The van der Waals surface area contributed by atoms with Gasteiger partial charge in [-0.2, -0.15) is 0 Å². The monoisotopic (exact) mass is 445 g/mol. The Kier molecular flexibility index (Phi) is 4.82. The maximum Gasteiger partial charge on any atom is 0.329 e. The fourth-order valence-corrected chi connectivity index (χ4v) is 4.98. The molecule has 3 aliphatic heterocycles. The van der Waals surface area contributed by atoms with Crippen LogP contribution in [0.15, 0.2) is 55.0 Å². The fourth-order valence-electron chi connectivity index (χ4n) is 4.98. The van der Waals surface area contributed by atoms with Crippen LogP contribution in [0.4, 0.5) is 32.2 Å². The van der Waals surface area contributed by atoms with Crippen molar-refractivity contribution in [3.05, 3.63) is 55.0 Å². The van der Waals surface area contributed by atoms with Crippen molar-refractivity contribution in [3.8, 4) is 11.3 Å². The maximum atomic E-state index is 13.7. The fraction of sp³-hybridized carbons (Fsp3) is 0.333. The summed E-state index contributed by atoms with van der Waals surface area (Å²) in [5.41, 5.74) is 3.68. The van der Waals surface area contributed by atoms with Crippen LogP contribution in [0.1, 0.15) is 12.8 Å². The van der Waals surface area contributed by atoms with Gasteiger partial charge in [0.05, 0.1) is 23.6 Å². The van der Waals surface area contributed by atoms with Crippen LogP contribution < -0.4 is 20.0 Å². The number of hydrogen-bond acceptors (Lipinski definition) is 6. The number of fused-ring (bicyclic) bond motifs is 4. The molecular weight excluding hydrogens is 421 g/mol. The number of halogens is 1. The van der Waals surface area contributed by atoms with Crippen LogP contribution in [0.2, 0.25) is 0 Å². The minimum absolute atomic E-state index is 0.0503. The zero-order valence-corrected chi connectivity index (χ0v) is 18.1. The Morgan fingerprint density at radius 3 is 2.79 bits per heavy atom. The third kappa shape index (κ3) is 3.63. The van der Waals surface area contributed by atoms with Crippen molar-refractivity contribution in [2.75, 3.05) is 46.2 Å². The summed E-state index contributed by atoms with van der Waals surface area (Å²) in [6.45, 7) is 2.82. The Hall–Kier alpha value is -3.75. The molecule has 2 bridgehead atoms. The average Bonchev–Trinajstić information content (AvgIpc) is 3.47. The normalized spacial score (nSPS) is 21.3. The summed E-state index contributed by atoms with van der Waals surface area (Å²) in [6.07, 6.45) is 5.31. The van der Waals surface area contributed by atoms with Gasteiger partial charge < -0.3 is 9.80 Å². The average molecular weight is 446 g/mol. The highest BCUT2D eigenvalue weighted by atomic mass is 19.1. The van der Waals surface area contributed by atoms with Crippen molar-refractivity contribution in [3.63, 3.8) is 0 Å². The molecule has 0 radical (unpaired) electrons. The topological polar surface area (TPSA) is 77.5 Å². The van der Waals surface area contributed by atoms with E-state index in [0.29, 0.717) is 24.6 Å². The highest BCUT2D eigenvalue weighted by molar-refractivity contribution is 6.04. The van der Waals surface area contributed by atoms with E-state index in [9.17, 15) is 9.18 Å². The number of nitrogens with zero attached hydrogens (tertiary/aromatic N) is 6. The van der Waals surface area contributed by atoms with Crippen molar-refractivity contribution in [2.45, 2.75) is 25.1 Å². The molecule has 2 atom stereocenters. The van der Waals surface area contributed by atoms with Gasteiger partial charge in [-0.05, 0) is 37.1 Å². The van der Waals surface area contributed by atoms with E-state index in [1.165, 1.54) is 6.20 Å². The Balaban J connectivity index is 1.34. The summed E-state index contributed by atoms with van der Waals surface area (Å²) >= 11 is 0. The lowest BCUT2D eigenvalue weighted by atomic mass is 10.1. The highest BCUT2D eigenvalue weighted by Crippen LogP contribution is 2.40. The van der Waals surface area contributed by atoms with E-state index < -0.39 is 6.17 Å². The van der Waals surface area contributed by atoms with E-state index in [1.807, 2.05) is 30.3 Å². The van der Waals surface area contributed by atoms with Crippen LogP contribution in [0.25, 0.3) is 11.3 Å². The SMILES string of the molecule is O=C(Nc1cnccn1)N1c2nc(-c3cccc(N4CC[C@H](F)C4)c3)ccc2N2CC[C@H]1C2. The zero-order chi connectivity index (χ0) is 22.4. The van der Waals surface area contributed by atoms with Crippen LogP contribution >= 0.6 is 0 Å². The van der Waals surface area contributed by atoms with Crippen molar-refractivity contribution in [1.29, 1.82) is 0 Å². The minimum Gasteiger partial charge on any atom is -0.368 e. The molecule has 0 spiro atoms. The number of anilines is 4. The van der Waals surface area contributed by atoms with E-state index in [1.54, 1.807) is 17.3 Å². The van der Waals surface area contributed by atoms with Gasteiger partial charge in [-0.25, -0.2) is 19.2 Å². The van der Waals surface area contributed by atoms with E-state index in [2.05, 4.69) is 31.2 Å². The van der Waals surface area contributed by atoms with Gasteiger partial charge in [-0.1, -0.05) is 12.1 Å². The van der Waals surface area contributed by atoms with E-state index in [4.69, 9.17) is 4.98 Å². The summed E-state index contributed by atoms with van der Waals surface area (Å²) in [6, 6.07) is 11.9. The summed E-state index contributed by atoms with van der Waals surface area (Å²) in [5.74, 6) is 1.06. The molecule has 2 fully saturated rings. The molecule has 168 valence electrons. The van der Waals surface area contributed by atoms with Gasteiger partial charge in [-0.3, -0.25) is 15.2 Å². The number of amides is 2. The van der Waals surface area contributed by atoms with Crippen molar-refractivity contribution >= 4 is 29.0 Å². The number of hydrogen-bond donors (Lipinski definition) is 1. The first-order valence-electron chi connectivity index (χ1n) is 11.3. The molecule has 0 unspecified atom stereocenters. The van der Waals surface area contributed by atoms with Crippen LogP contribution in [-0.4, -0.2) is 59.4 Å². The van der Waals surface area contributed by atoms with Crippen LogP contribution in [0, 0.1) is 0 Å². The standard InChI is InChI=1S/C24H24FN7O/c25-17-6-10-30(14-17)18-3-1-2-16(12-18)20-4-5-21-23(28-20)32(19-7-11-31(21)15-19)24(33)29-22-13-26-8-9-27-22/h1-5,8-9,12-13,17,19H,6-7,10-11,14-15H2,(H,27,29,33)/t17-,19-/m0/s1. The predicted octanol–water partition coefficient (Wildman–Crippen LogP) is 3.72. The maximum absolute atomic E-state index is 13.7. The molecule has 2 saturated heterocycles. The lowest BCUT2D eigenvalue weighted by molar-refractivity contribution is 0.254. The molecule has 6 rings (SSSR count). The van der Waals surface area contributed by atoms with Gasteiger partial charge in [-0.15, -0.1) is 0 Å². The molecule has 5 heterocycles. The van der Waals surface area contributed by atoms with Crippen molar-refractivity contribution in [2.24, 2.45) is 0 Å². The molecule has 3 aromatic rings. The first kappa shape index (κ1) is 19.9. The number of carbonyl (C=O) groups excluding carboxylic acids is 1. The van der Waals surface area contributed by atoms with Crippen molar-refractivity contribution < 1.29 is 9.18 Å². The van der Waals surface area contributed by atoms with E-state index >= 15 is 0 Å². The first-order chi connectivity index (χ1) is 16.2. The molecule has 1 N–H and O–H groups in total. The first-order valence-corrected chi connectivity index (χ1v) is 11.3. The number of benzene rings is 1. The number of pyridine rings is 1. The number of carbonyl (C=O) groups is 1. The van der Waals surface area contributed by atoms with E-state index in [0.717, 1.165) is 48.7 Å². The molecule has 2 amide bonds. The quantitative estimate of drug-likeness (QED) is 0.662. The Morgan fingerprint density at radius 1 is 1.06 bits per heavy atom. The van der Waals surface area contributed by atoms with E-state index in [-0.39, 0.29) is 12.1 Å². The van der Waals surface area contributed by atoms with Crippen molar-refractivity contribution in [1.82, 2.24) is 15.0 Å². The molecule has 1 aromatic carbocycles. The van der Waals surface area contributed by atoms with Crippen LogP contribution in [-0.2, 0) is 0 Å². The Bertz CT molecular complexity index is 1190. The molecule has 2 aromatic heterocycles. The third-order valence-corrected chi connectivity index (χ3v) is 6.61.